The number of alkyl halides is 3. The monoisotopic (exact) mass is 1310 g/mol. The maximum Gasteiger partial charge on any atom is 0.422 e. The lowest BCUT2D eigenvalue weighted by Crippen LogP contribution is -2.13. The van der Waals surface area contributed by atoms with Gasteiger partial charge in [-0.05, 0) is 186 Å². The van der Waals surface area contributed by atoms with E-state index in [-0.39, 0.29) is 40.0 Å². The fourth-order valence-electron chi connectivity index (χ4n) is 6.26. The molecule has 0 saturated heterocycles. The largest absolute Gasteiger partial charge is 0.422 e. The normalized spacial score (nSPS) is 10.1. The van der Waals surface area contributed by atoms with Crippen molar-refractivity contribution in [3.8, 4) is 0 Å². The number of rotatable bonds is 0. The molecule has 0 amide bonds. The molecule has 488 valence electrons. The van der Waals surface area contributed by atoms with E-state index in [0.717, 1.165) is 62.2 Å². The van der Waals surface area contributed by atoms with Crippen LogP contribution in [0.1, 0.15) is 61.2 Å². The second-order valence-electron chi connectivity index (χ2n) is 18.8. The standard InChI is InChI=1S/C8H4F6.C8H6FN.C8H9F.2C7H4F4.C7H5F3.2C7H6F2.C7H7F/c1-3-2-4(9)5(8(12,13)14)7(11)6(3)10;1-6-5-7(10-2)3-4-8(6)9;1-6-3-4-8(9)7(2)5-6;2*1-3-2-4(8)6(10)7(11)5(3)9;1-4-2-5(8)3-6(9)7(4)10;1-5-4-6(8)2-3-7(5)9;1-5-2-3-6(8)4-7(5)9;1-6-4-2-3-5-7(6)8/h2H,1H3;3-5H,1H3;3-5H,1-2H3;2*2H,1H3;2-3H,1H3;2*2-4H,1H3;2-5H,1H3. The van der Waals surface area contributed by atoms with Gasteiger partial charge in [-0.25, -0.2) is 97.0 Å². The Morgan fingerprint density at radius 1 is 0.253 bits per heavy atom. The van der Waals surface area contributed by atoms with Crippen LogP contribution in [-0.2, 0) is 6.18 Å². The van der Waals surface area contributed by atoms with Crippen molar-refractivity contribution in [3.05, 3.63) is 322 Å². The maximum atomic E-state index is 12.7. The lowest BCUT2D eigenvalue weighted by Gasteiger charge is -2.10. The summed E-state index contributed by atoms with van der Waals surface area (Å²) in [6.07, 6.45) is -5.23. The first-order chi connectivity index (χ1) is 42.1. The van der Waals surface area contributed by atoms with Gasteiger partial charge in [-0.2, -0.15) is 13.2 Å². The summed E-state index contributed by atoms with van der Waals surface area (Å²) in [4.78, 5) is 3.16. The van der Waals surface area contributed by atoms with Gasteiger partial charge in [0.1, 0.15) is 57.9 Å². The van der Waals surface area contributed by atoms with Crippen LogP contribution in [0.25, 0.3) is 4.85 Å². The van der Waals surface area contributed by atoms with Crippen molar-refractivity contribution in [3.63, 3.8) is 0 Å². The van der Waals surface area contributed by atoms with Crippen LogP contribution >= 0.6 is 0 Å². The highest BCUT2D eigenvalue weighted by atomic mass is 19.4. The molecule has 0 N–H and O–H groups in total. The van der Waals surface area contributed by atoms with E-state index in [2.05, 4.69) is 4.85 Å². The van der Waals surface area contributed by atoms with Crippen LogP contribution in [0, 0.1) is 198 Å². The highest BCUT2D eigenvalue weighted by Crippen LogP contribution is 2.35. The molecule has 0 aliphatic carbocycles. The molecule has 9 rings (SSSR count). The third-order valence-corrected chi connectivity index (χ3v) is 11.3. The summed E-state index contributed by atoms with van der Waals surface area (Å²) in [6.45, 7) is 21.4. The van der Waals surface area contributed by atoms with Crippen LogP contribution in [0.4, 0.5) is 111 Å². The van der Waals surface area contributed by atoms with Gasteiger partial charge >= 0.3 is 6.18 Å². The zero-order valence-electron chi connectivity index (χ0n) is 49.1. The van der Waals surface area contributed by atoms with E-state index >= 15 is 0 Å². The minimum Gasteiger partial charge on any atom is -0.238 e. The Kier molecular flexibility index (Phi) is 32.5. The molecule has 0 aliphatic rings. The molecule has 0 radical (unpaired) electrons. The molecule has 0 heterocycles. The summed E-state index contributed by atoms with van der Waals surface area (Å²) < 4.78 is 295. The molecular weight excluding hydrogens is 1260 g/mol. The van der Waals surface area contributed by atoms with Crippen LogP contribution in [-0.4, -0.2) is 0 Å². The summed E-state index contributed by atoms with van der Waals surface area (Å²) in [6, 6.07) is 26.0. The molecule has 25 heteroatoms. The molecule has 0 atom stereocenters. The second kappa shape index (κ2) is 37.1. The van der Waals surface area contributed by atoms with Gasteiger partial charge in [-0.15, -0.1) is 0 Å². The van der Waals surface area contributed by atoms with E-state index in [4.69, 9.17) is 6.57 Å². The summed E-state index contributed by atoms with van der Waals surface area (Å²) >= 11 is 0. The molecule has 1 nitrogen and oxygen atoms in total. The Morgan fingerprint density at radius 3 is 0.978 bits per heavy atom. The molecule has 0 fully saturated rings. The Morgan fingerprint density at radius 2 is 0.604 bits per heavy atom. The molecule has 0 unspecified atom stereocenters. The van der Waals surface area contributed by atoms with Gasteiger partial charge in [0.2, 0.25) is 0 Å². The average molecular weight is 1310 g/mol. The van der Waals surface area contributed by atoms with Gasteiger partial charge in [-0.3, -0.25) is 0 Å². The van der Waals surface area contributed by atoms with E-state index in [1.54, 1.807) is 45.9 Å². The topological polar surface area (TPSA) is 4.36 Å². The van der Waals surface area contributed by atoms with Gasteiger partial charge < -0.3 is 0 Å². The Balaban J connectivity index is 0.000000514. The summed E-state index contributed by atoms with van der Waals surface area (Å²) in [7, 11) is 0. The van der Waals surface area contributed by atoms with Crippen molar-refractivity contribution < 1.29 is 105 Å². The van der Waals surface area contributed by atoms with E-state index in [1.165, 1.54) is 56.3 Å². The zero-order valence-corrected chi connectivity index (χ0v) is 49.1. The molecule has 9 aromatic carbocycles. The highest BCUT2D eigenvalue weighted by molar-refractivity contribution is 5.46. The molecule has 0 saturated carbocycles. The first-order valence-electron chi connectivity index (χ1n) is 25.4. The van der Waals surface area contributed by atoms with Gasteiger partial charge in [0.25, 0.3) is 0 Å². The van der Waals surface area contributed by atoms with E-state index in [1.807, 2.05) is 19.1 Å². The van der Waals surface area contributed by atoms with Crippen molar-refractivity contribution in [1.29, 1.82) is 0 Å². The second-order valence-corrected chi connectivity index (χ2v) is 18.8. The summed E-state index contributed by atoms with van der Waals surface area (Å²) in [5.74, 6) is -23.4. The van der Waals surface area contributed by atoms with Crippen LogP contribution < -0.4 is 0 Å². The summed E-state index contributed by atoms with van der Waals surface area (Å²) in [5.41, 5.74) is 1.13. The number of halogens is 24. The SMILES string of the molecule is Cc1cc(F)c(C(F)(F)F)c(F)c1F.Cc1cc(F)c(F)c(F)c1F.Cc1cc(F)c(F)c(F)c1F.Cc1cc(F)cc(F)c1F.Cc1cc(F)ccc1F.Cc1ccc(F)c(C)c1.Cc1ccc(F)cc1F.Cc1ccccc1F.[C-]#[N+]c1ccc(F)c(C)c1. The van der Waals surface area contributed by atoms with Crippen molar-refractivity contribution in [2.75, 3.05) is 0 Å². The molecule has 9 aromatic rings. The predicted molar refractivity (Wildman–Crippen MR) is 296 cm³/mol. The molecule has 0 aromatic heterocycles. The van der Waals surface area contributed by atoms with Crippen molar-refractivity contribution >= 4 is 5.69 Å². The quantitative estimate of drug-likeness (QED) is 0.0617. The molecular formula is C66H51F24N. The van der Waals surface area contributed by atoms with Crippen LogP contribution in [0.2, 0.25) is 0 Å². The van der Waals surface area contributed by atoms with Crippen LogP contribution in [0.15, 0.2) is 127 Å². The number of hydrogen-bond acceptors (Lipinski definition) is 0. The molecule has 0 spiro atoms. The van der Waals surface area contributed by atoms with E-state index in [9.17, 15) is 105 Å². The smallest absolute Gasteiger partial charge is 0.238 e. The number of benzene rings is 9. The maximum absolute atomic E-state index is 12.7. The first kappa shape index (κ1) is 79.8. The average Bonchev–Trinajstić information content (AvgIpc) is 0.960. The minimum atomic E-state index is -5.23. The van der Waals surface area contributed by atoms with E-state index < -0.39 is 116 Å². The highest BCUT2D eigenvalue weighted by Gasteiger charge is 2.39. The number of hydrogen-bond donors (Lipinski definition) is 0. The van der Waals surface area contributed by atoms with Crippen LogP contribution in [0.5, 0.6) is 0 Å². The Labute approximate surface area is 507 Å². The van der Waals surface area contributed by atoms with Crippen molar-refractivity contribution in [2.45, 2.75) is 75.4 Å². The third kappa shape index (κ3) is 26.4. The zero-order chi connectivity index (χ0) is 70.1. The van der Waals surface area contributed by atoms with Crippen molar-refractivity contribution in [1.82, 2.24) is 0 Å². The molecule has 0 bridgehead atoms. The lowest BCUT2D eigenvalue weighted by atomic mass is 10.1. The Hall–Kier alpha value is -9.21. The Bertz CT molecular complexity index is 3650. The summed E-state index contributed by atoms with van der Waals surface area (Å²) in [5, 5.41) is 0. The fourth-order valence-corrected chi connectivity index (χ4v) is 6.26. The third-order valence-electron chi connectivity index (χ3n) is 11.3. The first-order valence-corrected chi connectivity index (χ1v) is 25.4. The molecule has 0 aliphatic heterocycles. The molecule has 91 heavy (non-hydrogen) atoms. The van der Waals surface area contributed by atoms with Gasteiger partial charge in [0.05, 0.1) is 6.57 Å². The fraction of sp³-hybridized carbons (Fsp3) is 0.167. The van der Waals surface area contributed by atoms with Crippen molar-refractivity contribution in [2.24, 2.45) is 0 Å². The predicted octanol–water partition coefficient (Wildman–Crippen LogP) is 22.8. The van der Waals surface area contributed by atoms with Gasteiger partial charge in [-0.1, -0.05) is 54.1 Å². The van der Waals surface area contributed by atoms with Gasteiger partial charge in [0.15, 0.2) is 75.5 Å². The van der Waals surface area contributed by atoms with Crippen LogP contribution in [0.3, 0.4) is 0 Å². The van der Waals surface area contributed by atoms with E-state index in [0.29, 0.717) is 52.2 Å². The van der Waals surface area contributed by atoms with Gasteiger partial charge in [0, 0.05) is 12.1 Å². The number of aryl methyl sites for hydroxylation is 10. The lowest BCUT2D eigenvalue weighted by molar-refractivity contribution is -0.142. The number of nitrogens with zero attached hydrogens (tertiary/aromatic N) is 1. The minimum absolute atomic E-state index is 0.0162.